The predicted molar refractivity (Wildman–Crippen MR) is 210 cm³/mol. The average molecular weight is 877 g/mol. The first-order valence-corrected chi connectivity index (χ1v) is 21.2. The van der Waals surface area contributed by atoms with Gasteiger partial charge in [-0.05, 0) is 104 Å². The summed E-state index contributed by atoms with van der Waals surface area (Å²) in [4.78, 5) is 29.6. The molecule has 1 aliphatic carbocycles. The third kappa shape index (κ3) is 10.5. The molecular weight excluding hydrogens is 835 g/mol. The second kappa shape index (κ2) is 18.3. The third-order valence-corrected chi connectivity index (χ3v) is 12.7. The van der Waals surface area contributed by atoms with Crippen LogP contribution < -0.4 is 23.7 Å². The smallest absolute Gasteiger partial charge is 0.387 e. The van der Waals surface area contributed by atoms with Gasteiger partial charge in [-0.1, -0.05) is 47.5 Å². The van der Waals surface area contributed by atoms with Gasteiger partial charge < -0.3 is 28.9 Å². The molecule has 1 N–H and O–H groups in total. The number of sulfonamides is 1. The predicted octanol–water partition coefficient (Wildman–Crippen LogP) is 6.82. The number of piperidine rings is 3. The quantitative estimate of drug-likeness (QED) is 0.0675. The zero-order valence-electron chi connectivity index (χ0n) is 31.7. The highest BCUT2D eigenvalue weighted by molar-refractivity contribution is 7.89. The largest absolute Gasteiger partial charge is 0.619 e. The Morgan fingerprint density at radius 1 is 0.949 bits per heavy atom. The molecule has 0 spiro atoms. The van der Waals surface area contributed by atoms with Gasteiger partial charge in [-0.25, -0.2) is 18.0 Å². The SMILES string of the molecule is COc1ccc(C(NS(=O)(=O)c2cccc(C(=O)OC(Cc3c(Cl)c[n+]([O-])cc3Cl)c3ccc(OC(F)F)c(OCC4CC4)c3)c2)C(=O)O[C@H]2CN3CCC2CC3)cc1. The van der Waals surface area contributed by atoms with E-state index in [1.807, 2.05) is 0 Å². The third-order valence-electron chi connectivity index (χ3n) is 10.6. The Morgan fingerprint density at radius 2 is 1.64 bits per heavy atom. The number of rotatable bonds is 17. The second-order valence-electron chi connectivity index (χ2n) is 14.7. The van der Waals surface area contributed by atoms with Crippen LogP contribution in [0.25, 0.3) is 0 Å². The molecule has 3 aromatic carbocycles. The van der Waals surface area contributed by atoms with Crippen LogP contribution in [0.15, 0.2) is 84.0 Å². The Bertz CT molecular complexity index is 2250. The summed E-state index contributed by atoms with van der Waals surface area (Å²) >= 11 is 12.8. The molecule has 59 heavy (non-hydrogen) atoms. The maximum absolute atomic E-state index is 14.0. The standard InChI is InChI=1S/C41H41Cl2F2N3O10S/c1-54-29-10-7-26(8-11-29)38(40(50)57-37-22-47-15-13-25(37)14-16-47)46-59(52,53)30-4-2-3-28(17-30)39(49)56-35(19-31-32(42)20-48(51)21-33(31)43)27-9-12-34(58-41(44)45)36(18-27)55-23-24-5-6-24/h2-4,7-12,17-18,20-21,24-25,35,37-38,41,46H,5-6,13-16,19,22-23H2,1H3/t35?,37-,38?/m0/s1. The van der Waals surface area contributed by atoms with E-state index in [0.717, 1.165) is 57.2 Å². The van der Waals surface area contributed by atoms with Crippen molar-refractivity contribution in [2.75, 3.05) is 33.4 Å². The molecule has 4 aromatic rings. The molecule has 3 atom stereocenters. The number of nitrogens with zero attached hydrogens (tertiary/aromatic N) is 2. The summed E-state index contributed by atoms with van der Waals surface area (Å²) in [5, 5.41) is 11.9. The van der Waals surface area contributed by atoms with Crippen molar-refractivity contribution in [1.29, 1.82) is 0 Å². The van der Waals surface area contributed by atoms with Gasteiger partial charge in [0.05, 0.1) is 24.2 Å². The number of fused-ring (bicyclic) bond motifs is 3. The minimum atomic E-state index is -4.51. The molecule has 18 heteroatoms. The summed E-state index contributed by atoms with van der Waals surface area (Å²) in [7, 11) is -3.03. The molecule has 2 unspecified atom stereocenters. The minimum Gasteiger partial charge on any atom is -0.619 e. The van der Waals surface area contributed by atoms with Crippen LogP contribution in [-0.2, 0) is 30.7 Å². The van der Waals surface area contributed by atoms with Gasteiger partial charge in [0.1, 0.15) is 34.0 Å². The van der Waals surface area contributed by atoms with Crippen LogP contribution >= 0.6 is 23.2 Å². The first-order chi connectivity index (χ1) is 28.3. The van der Waals surface area contributed by atoms with Crippen molar-refractivity contribution in [3.8, 4) is 17.2 Å². The van der Waals surface area contributed by atoms with Gasteiger partial charge in [0, 0.05) is 18.5 Å². The molecule has 4 heterocycles. The summed E-state index contributed by atoms with van der Waals surface area (Å²) in [6.45, 7) is -0.494. The monoisotopic (exact) mass is 875 g/mol. The van der Waals surface area contributed by atoms with Gasteiger partial charge in [0.25, 0.3) is 0 Å². The van der Waals surface area contributed by atoms with Crippen molar-refractivity contribution in [3.63, 3.8) is 0 Å². The molecule has 3 saturated heterocycles. The molecule has 314 valence electrons. The van der Waals surface area contributed by atoms with E-state index >= 15 is 0 Å². The second-order valence-corrected chi connectivity index (χ2v) is 17.2. The lowest BCUT2D eigenvalue weighted by molar-refractivity contribution is -0.605. The maximum atomic E-state index is 14.0. The number of carbonyl (C=O) groups excluding carboxylic acids is 2. The lowest BCUT2D eigenvalue weighted by Gasteiger charge is -2.44. The molecule has 4 aliphatic rings. The molecular formula is C41H41Cl2F2N3O10S. The number of pyridine rings is 1. The van der Waals surface area contributed by atoms with E-state index in [-0.39, 0.29) is 68.0 Å². The Balaban J connectivity index is 1.16. The van der Waals surface area contributed by atoms with Crippen LogP contribution in [0.2, 0.25) is 10.0 Å². The van der Waals surface area contributed by atoms with Crippen LogP contribution in [0.3, 0.4) is 0 Å². The molecule has 3 aliphatic heterocycles. The van der Waals surface area contributed by atoms with E-state index in [0.29, 0.717) is 22.6 Å². The van der Waals surface area contributed by atoms with Crippen LogP contribution in [0.5, 0.6) is 17.2 Å². The fourth-order valence-electron chi connectivity index (χ4n) is 7.18. The van der Waals surface area contributed by atoms with Gasteiger partial charge in [0.15, 0.2) is 23.9 Å². The number of benzene rings is 3. The number of halogens is 4. The van der Waals surface area contributed by atoms with E-state index < -0.39 is 46.8 Å². The molecule has 0 radical (unpaired) electrons. The number of esters is 2. The number of hydrogen-bond donors (Lipinski definition) is 1. The van der Waals surface area contributed by atoms with Gasteiger partial charge in [0.2, 0.25) is 10.0 Å². The molecule has 8 rings (SSSR count). The molecule has 2 bridgehead atoms. The molecule has 1 saturated carbocycles. The number of alkyl halides is 2. The minimum absolute atomic E-state index is 0.0176. The van der Waals surface area contributed by atoms with Crippen LogP contribution in [-0.4, -0.2) is 71.3 Å². The van der Waals surface area contributed by atoms with E-state index in [4.69, 9.17) is 42.1 Å². The molecule has 1 aromatic heterocycles. The number of ether oxygens (including phenoxy) is 5. The van der Waals surface area contributed by atoms with Gasteiger partial charge in [-0.2, -0.15) is 18.2 Å². The number of carbonyl (C=O) groups is 2. The number of aromatic nitrogens is 1. The highest BCUT2D eigenvalue weighted by Crippen LogP contribution is 2.38. The first-order valence-electron chi connectivity index (χ1n) is 18.9. The maximum Gasteiger partial charge on any atom is 0.387 e. The van der Waals surface area contributed by atoms with Gasteiger partial charge in [-0.3, -0.25) is 4.90 Å². The van der Waals surface area contributed by atoms with Crippen LogP contribution in [0.4, 0.5) is 8.78 Å². The van der Waals surface area contributed by atoms with Crippen molar-refractivity contribution < 1.29 is 55.2 Å². The highest BCUT2D eigenvalue weighted by atomic mass is 35.5. The van der Waals surface area contributed by atoms with Gasteiger partial charge >= 0.3 is 18.6 Å². The molecule has 0 amide bonds. The van der Waals surface area contributed by atoms with Crippen molar-refractivity contribution in [1.82, 2.24) is 9.62 Å². The summed E-state index contributed by atoms with van der Waals surface area (Å²) in [6.07, 6.45) is 3.93. The molecule has 13 nitrogen and oxygen atoms in total. The van der Waals surface area contributed by atoms with Gasteiger partial charge in [-0.15, -0.1) is 0 Å². The van der Waals surface area contributed by atoms with E-state index in [2.05, 4.69) is 14.4 Å². The van der Waals surface area contributed by atoms with E-state index in [1.54, 1.807) is 24.3 Å². The summed E-state index contributed by atoms with van der Waals surface area (Å²) in [5.74, 6) is -1.08. The number of hydrogen-bond acceptors (Lipinski definition) is 11. The van der Waals surface area contributed by atoms with Crippen molar-refractivity contribution in [2.45, 2.75) is 61.9 Å². The average Bonchev–Trinajstić information content (AvgIpc) is 4.05. The number of methoxy groups -OCH3 is 1. The molecule has 4 fully saturated rings. The van der Waals surface area contributed by atoms with Crippen LogP contribution in [0.1, 0.15) is 64.9 Å². The normalized spacial score (nSPS) is 19.8. The van der Waals surface area contributed by atoms with Crippen molar-refractivity contribution in [3.05, 3.63) is 117 Å². The lowest BCUT2D eigenvalue weighted by atomic mass is 9.86. The summed E-state index contributed by atoms with van der Waals surface area (Å²) in [6, 6.07) is 14.0. The fraction of sp³-hybridized carbons (Fsp3) is 0.390. The Labute approximate surface area is 349 Å². The topological polar surface area (TPSA) is 157 Å². The fourth-order valence-corrected chi connectivity index (χ4v) is 9.00. The highest BCUT2D eigenvalue weighted by Gasteiger charge is 2.39. The Kier molecular flexibility index (Phi) is 13.1. The lowest BCUT2D eigenvalue weighted by Crippen LogP contribution is -2.52. The first kappa shape index (κ1) is 42.4. The Hall–Kier alpha value is -4.74. The van der Waals surface area contributed by atoms with E-state index in [1.165, 1.54) is 43.5 Å². The Morgan fingerprint density at radius 3 is 2.27 bits per heavy atom. The van der Waals surface area contributed by atoms with Crippen molar-refractivity contribution in [2.24, 2.45) is 11.8 Å². The summed E-state index contributed by atoms with van der Waals surface area (Å²) < 4.78 is 85.3. The van der Waals surface area contributed by atoms with Crippen LogP contribution in [0, 0.1) is 17.0 Å². The van der Waals surface area contributed by atoms with E-state index in [9.17, 15) is 32.0 Å². The zero-order valence-corrected chi connectivity index (χ0v) is 34.1. The summed E-state index contributed by atoms with van der Waals surface area (Å²) in [5.41, 5.74) is 0.636. The number of nitrogens with one attached hydrogen (secondary N) is 1. The zero-order chi connectivity index (χ0) is 41.8. The van der Waals surface area contributed by atoms with Crippen molar-refractivity contribution >= 4 is 45.2 Å².